The number of aromatic nitrogens is 1. The Bertz CT molecular complexity index is 583. The highest BCUT2D eigenvalue weighted by Crippen LogP contribution is 2.37. The molecule has 1 saturated heterocycles. The molecule has 5 nitrogen and oxygen atoms in total. The number of alkyl halides is 3. The molecular weight excluding hydrogens is 331 g/mol. The van der Waals surface area contributed by atoms with Gasteiger partial charge in [-0.1, -0.05) is 0 Å². The summed E-state index contributed by atoms with van der Waals surface area (Å²) < 4.78 is 38.7. The Morgan fingerprint density at radius 3 is 2.87 bits per heavy atom. The molecule has 1 fully saturated rings. The van der Waals surface area contributed by atoms with Crippen LogP contribution in [0.25, 0.3) is 0 Å². The van der Waals surface area contributed by atoms with Gasteiger partial charge in [0, 0.05) is 11.4 Å². The van der Waals surface area contributed by atoms with E-state index in [0.717, 1.165) is 25.0 Å². The number of hydrogen-bond acceptors (Lipinski definition) is 5. The van der Waals surface area contributed by atoms with Crippen LogP contribution in [0.1, 0.15) is 29.8 Å². The Morgan fingerprint density at radius 2 is 2.17 bits per heavy atom. The summed E-state index contributed by atoms with van der Waals surface area (Å²) in [4.78, 5) is 18.9. The molecule has 2 aliphatic rings. The molecule has 1 aliphatic heterocycles. The number of amides is 1. The Balaban J connectivity index is 1.57. The first-order valence-electron chi connectivity index (χ1n) is 7.57. The number of nitrogens with one attached hydrogen (secondary N) is 1. The molecule has 3 rings (SSSR count). The number of aryl methyl sites for hydroxylation is 2. The van der Waals surface area contributed by atoms with Crippen LogP contribution in [0.3, 0.4) is 0 Å². The number of fused-ring (bicyclic) bond motifs is 1. The monoisotopic (exact) mass is 349 g/mol. The minimum Gasteiger partial charge on any atom is -0.379 e. The van der Waals surface area contributed by atoms with Gasteiger partial charge in [-0.3, -0.25) is 9.69 Å². The number of likely N-dealkylation sites (tertiary alicyclic amines) is 1. The van der Waals surface area contributed by atoms with Crippen LogP contribution in [-0.4, -0.2) is 52.3 Å². The summed E-state index contributed by atoms with van der Waals surface area (Å²) in [6.45, 7) is -0.388. The standard InChI is InChI=1S/C14H18F3N3O2S/c15-14(16,17)13(22)5-2-6-20(8-13)7-11(21)19-12-18-9-3-1-4-10(9)23-12/h22H,1-8H2,(H,18,19,21)/t13-/m1/s1. The third-order valence-corrected chi connectivity index (χ3v) is 5.36. The molecule has 0 unspecified atom stereocenters. The molecule has 0 bridgehead atoms. The van der Waals surface area contributed by atoms with Gasteiger partial charge in [0.05, 0.1) is 12.2 Å². The number of thiazole rings is 1. The molecule has 0 aromatic carbocycles. The molecule has 0 saturated carbocycles. The fraction of sp³-hybridized carbons (Fsp3) is 0.714. The fourth-order valence-corrected chi connectivity index (χ4v) is 4.16. The van der Waals surface area contributed by atoms with Gasteiger partial charge in [-0.25, -0.2) is 4.98 Å². The summed E-state index contributed by atoms with van der Waals surface area (Å²) in [6, 6.07) is 0. The van der Waals surface area contributed by atoms with Crippen molar-refractivity contribution in [1.82, 2.24) is 9.88 Å². The van der Waals surface area contributed by atoms with E-state index in [0.29, 0.717) is 11.7 Å². The van der Waals surface area contributed by atoms with E-state index in [2.05, 4.69) is 10.3 Å². The zero-order valence-corrected chi connectivity index (χ0v) is 13.3. The van der Waals surface area contributed by atoms with Gasteiger partial charge < -0.3 is 10.4 Å². The number of carbonyl (C=O) groups is 1. The largest absolute Gasteiger partial charge is 0.418 e. The molecule has 128 valence electrons. The maximum atomic E-state index is 12.9. The second-order valence-electron chi connectivity index (χ2n) is 6.13. The van der Waals surface area contributed by atoms with Crippen LogP contribution in [0.5, 0.6) is 0 Å². The Kier molecular flexibility index (Phi) is 4.37. The van der Waals surface area contributed by atoms with Gasteiger partial charge in [0.15, 0.2) is 10.7 Å². The zero-order chi connectivity index (χ0) is 16.7. The first-order chi connectivity index (χ1) is 10.8. The average Bonchev–Trinajstić information content (AvgIpc) is 2.98. The molecule has 1 amide bonds. The highest BCUT2D eigenvalue weighted by molar-refractivity contribution is 7.15. The first-order valence-corrected chi connectivity index (χ1v) is 8.38. The van der Waals surface area contributed by atoms with Crippen molar-refractivity contribution in [3.05, 3.63) is 10.6 Å². The number of carbonyl (C=O) groups excluding carboxylic acids is 1. The van der Waals surface area contributed by atoms with Crippen molar-refractivity contribution in [1.29, 1.82) is 0 Å². The molecule has 1 aromatic heterocycles. The van der Waals surface area contributed by atoms with Crippen molar-refractivity contribution in [2.45, 2.75) is 43.9 Å². The van der Waals surface area contributed by atoms with Crippen LogP contribution in [0, 0.1) is 0 Å². The van der Waals surface area contributed by atoms with Crippen molar-refractivity contribution < 1.29 is 23.1 Å². The van der Waals surface area contributed by atoms with Crippen molar-refractivity contribution >= 4 is 22.4 Å². The Labute approximate surface area is 135 Å². The lowest BCUT2D eigenvalue weighted by Gasteiger charge is -2.39. The second kappa shape index (κ2) is 6.03. The topological polar surface area (TPSA) is 65.5 Å². The van der Waals surface area contributed by atoms with Gasteiger partial charge in [0.2, 0.25) is 5.91 Å². The van der Waals surface area contributed by atoms with Crippen LogP contribution >= 0.6 is 11.3 Å². The van der Waals surface area contributed by atoms with Crippen LogP contribution in [-0.2, 0) is 17.6 Å². The molecule has 23 heavy (non-hydrogen) atoms. The number of piperidine rings is 1. The average molecular weight is 349 g/mol. The summed E-state index contributed by atoms with van der Waals surface area (Å²) in [5.41, 5.74) is -1.72. The molecule has 1 aliphatic carbocycles. The van der Waals surface area contributed by atoms with Crippen LogP contribution < -0.4 is 5.32 Å². The summed E-state index contributed by atoms with van der Waals surface area (Å²) >= 11 is 1.43. The van der Waals surface area contributed by atoms with Crippen LogP contribution in [0.2, 0.25) is 0 Å². The van der Waals surface area contributed by atoms with E-state index in [-0.39, 0.29) is 19.4 Å². The second-order valence-corrected chi connectivity index (χ2v) is 7.22. The quantitative estimate of drug-likeness (QED) is 0.876. The van der Waals surface area contributed by atoms with E-state index in [1.807, 2.05) is 0 Å². The molecule has 9 heteroatoms. The number of hydrogen-bond donors (Lipinski definition) is 2. The van der Waals surface area contributed by atoms with E-state index in [4.69, 9.17) is 0 Å². The van der Waals surface area contributed by atoms with Crippen molar-refractivity contribution in [3.8, 4) is 0 Å². The normalized spacial score (nSPS) is 25.4. The fourth-order valence-electron chi connectivity index (χ4n) is 3.10. The highest BCUT2D eigenvalue weighted by atomic mass is 32.1. The zero-order valence-electron chi connectivity index (χ0n) is 12.4. The summed E-state index contributed by atoms with van der Waals surface area (Å²) in [5.74, 6) is -0.399. The third kappa shape index (κ3) is 3.51. The molecule has 1 atom stereocenters. The lowest BCUT2D eigenvalue weighted by atomic mass is 9.92. The van der Waals surface area contributed by atoms with Crippen molar-refractivity contribution in [2.24, 2.45) is 0 Å². The van der Waals surface area contributed by atoms with Crippen LogP contribution in [0.15, 0.2) is 0 Å². The Hall–Kier alpha value is -1.19. The van der Waals surface area contributed by atoms with E-state index in [9.17, 15) is 23.1 Å². The van der Waals surface area contributed by atoms with Gasteiger partial charge in [0.1, 0.15) is 0 Å². The predicted molar refractivity (Wildman–Crippen MR) is 79.4 cm³/mol. The Morgan fingerprint density at radius 1 is 1.39 bits per heavy atom. The lowest BCUT2D eigenvalue weighted by molar-refractivity contribution is -0.273. The number of anilines is 1. The van der Waals surface area contributed by atoms with E-state index < -0.39 is 24.2 Å². The van der Waals surface area contributed by atoms with Gasteiger partial charge >= 0.3 is 6.18 Å². The number of nitrogens with zero attached hydrogens (tertiary/aromatic N) is 2. The molecule has 2 N–H and O–H groups in total. The van der Waals surface area contributed by atoms with Gasteiger partial charge in [-0.2, -0.15) is 13.2 Å². The molecule has 0 spiro atoms. The van der Waals surface area contributed by atoms with E-state index in [1.165, 1.54) is 21.1 Å². The lowest BCUT2D eigenvalue weighted by Crippen LogP contribution is -2.57. The number of aliphatic hydroxyl groups is 1. The summed E-state index contributed by atoms with van der Waals surface area (Å²) in [5, 5.41) is 12.9. The molecule has 0 radical (unpaired) electrons. The van der Waals surface area contributed by atoms with E-state index in [1.54, 1.807) is 0 Å². The number of β-amino-alcohol motifs (C(OH)–C–C–N with tert-alkyl or cyclic N) is 1. The van der Waals surface area contributed by atoms with Crippen molar-refractivity contribution in [3.63, 3.8) is 0 Å². The van der Waals surface area contributed by atoms with Crippen molar-refractivity contribution in [2.75, 3.05) is 25.0 Å². The maximum Gasteiger partial charge on any atom is 0.418 e. The maximum absolute atomic E-state index is 12.9. The summed E-state index contributed by atoms with van der Waals surface area (Å²) in [6.07, 6.45) is -1.85. The molecule has 2 heterocycles. The summed E-state index contributed by atoms with van der Waals surface area (Å²) in [7, 11) is 0. The smallest absolute Gasteiger partial charge is 0.379 e. The number of rotatable bonds is 3. The minimum absolute atomic E-state index is 0.178. The van der Waals surface area contributed by atoms with Gasteiger partial charge in [-0.15, -0.1) is 11.3 Å². The molecular formula is C14H18F3N3O2S. The highest BCUT2D eigenvalue weighted by Gasteiger charge is 2.55. The minimum atomic E-state index is -4.68. The third-order valence-electron chi connectivity index (χ3n) is 4.29. The molecule has 1 aromatic rings. The number of halogens is 3. The van der Waals surface area contributed by atoms with Gasteiger partial charge in [0.25, 0.3) is 0 Å². The predicted octanol–water partition coefficient (Wildman–Crippen LogP) is 1.96. The SMILES string of the molecule is O=C(CN1CCC[C@](O)(C(F)(F)F)C1)Nc1nc2c(s1)CCC2. The first kappa shape index (κ1) is 16.7. The van der Waals surface area contributed by atoms with Gasteiger partial charge in [-0.05, 0) is 38.6 Å². The van der Waals surface area contributed by atoms with Crippen LogP contribution in [0.4, 0.5) is 18.3 Å². The van der Waals surface area contributed by atoms with E-state index >= 15 is 0 Å².